The molecule has 1 amide bonds. The molecule has 0 radical (unpaired) electrons. The first-order valence-corrected chi connectivity index (χ1v) is 6.80. The van der Waals surface area contributed by atoms with Gasteiger partial charge in [-0.25, -0.2) is 0 Å². The van der Waals surface area contributed by atoms with Gasteiger partial charge < -0.3 is 25.8 Å². The zero-order valence-corrected chi connectivity index (χ0v) is 11.9. The average Bonchev–Trinajstić information content (AvgIpc) is 2.92. The van der Waals surface area contributed by atoms with Gasteiger partial charge in [0.05, 0.1) is 23.7 Å². The molecule has 108 valence electrons. The van der Waals surface area contributed by atoms with Crippen LogP contribution in [-0.2, 0) is 4.79 Å². The first-order chi connectivity index (χ1) is 9.44. The van der Waals surface area contributed by atoms with E-state index in [0.717, 1.165) is 18.2 Å². The molecule has 3 N–H and O–H groups in total. The highest BCUT2D eigenvalue weighted by atomic mass is 16.2. The maximum atomic E-state index is 11.5. The molecule has 0 bridgehead atoms. The Kier molecular flexibility index (Phi) is 2.70. The van der Waals surface area contributed by atoms with Gasteiger partial charge >= 0.3 is 0 Å². The molecule has 0 aromatic heterocycles. The molecule has 2 saturated heterocycles. The van der Waals surface area contributed by atoms with Crippen molar-refractivity contribution in [2.45, 2.75) is 24.7 Å². The van der Waals surface area contributed by atoms with Crippen molar-refractivity contribution < 1.29 is 4.79 Å². The fourth-order valence-corrected chi connectivity index (χ4v) is 3.30. The third-order valence-corrected chi connectivity index (χ3v) is 4.35. The lowest BCUT2D eigenvalue weighted by molar-refractivity contribution is -0.128. The van der Waals surface area contributed by atoms with Crippen molar-refractivity contribution >= 4 is 5.91 Å². The molecule has 0 aromatic rings. The normalized spacial score (nSPS) is 34.0. The molecule has 0 aliphatic carbocycles. The van der Waals surface area contributed by atoms with Crippen LogP contribution in [0.3, 0.4) is 0 Å². The summed E-state index contributed by atoms with van der Waals surface area (Å²) in [6.45, 7) is 11.1. The molecule has 3 heterocycles. The predicted octanol–water partition coefficient (Wildman–Crippen LogP) is -0.492. The van der Waals surface area contributed by atoms with Crippen molar-refractivity contribution in [3.05, 3.63) is 37.0 Å². The molecule has 0 unspecified atom stereocenters. The van der Waals surface area contributed by atoms with E-state index in [2.05, 4.69) is 46.2 Å². The fraction of sp³-hybridized carbons (Fsp3) is 0.500. The molecule has 3 atom stereocenters. The van der Waals surface area contributed by atoms with Crippen molar-refractivity contribution in [3.63, 3.8) is 0 Å². The summed E-state index contributed by atoms with van der Waals surface area (Å²) < 4.78 is 0. The highest BCUT2D eigenvalue weighted by Gasteiger charge is 2.55. The van der Waals surface area contributed by atoms with Gasteiger partial charge in [-0.15, -0.1) is 0 Å². The van der Waals surface area contributed by atoms with E-state index in [1.165, 1.54) is 0 Å². The highest BCUT2D eigenvalue weighted by Crippen LogP contribution is 2.36. The van der Waals surface area contributed by atoms with Gasteiger partial charge in [0, 0.05) is 27.1 Å². The van der Waals surface area contributed by atoms with Crippen LogP contribution in [0.1, 0.15) is 6.92 Å². The summed E-state index contributed by atoms with van der Waals surface area (Å²) in [4.78, 5) is 15.4. The van der Waals surface area contributed by atoms with Crippen molar-refractivity contribution in [2.75, 3.05) is 20.1 Å². The lowest BCUT2D eigenvalue weighted by Gasteiger charge is -2.49. The number of rotatable bonds is 2. The zero-order chi connectivity index (χ0) is 14.5. The summed E-state index contributed by atoms with van der Waals surface area (Å²) in [6.07, 6.45) is 4.29. The standard InChI is InChI=1S/C14H21N5O/c1-9-15-13-12(8-18(4)11(3)20)16-10(2)19-7-5-6-14(13,19)17-9/h5-6,12-13,15-17H,1-2,7-8H2,3-4H3/t12-,13-,14+/m0/s1. The summed E-state index contributed by atoms with van der Waals surface area (Å²) in [7, 11) is 1.81. The Morgan fingerprint density at radius 2 is 2.30 bits per heavy atom. The van der Waals surface area contributed by atoms with E-state index < -0.39 is 0 Å². The molecular weight excluding hydrogens is 254 g/mol. The molecule has 20 heavy (non-hydrogen) atoms. The maximum absolute atomic E-state index is 11.5. The molecular formula is C14H21N5O. The van der Waals surface area contributed by atoms with Gasteiger partial charge in [0.25, 0.3) is 0 Å². The van der Waals surface area contributed by atoms with Crippen molar-refractivity contribution in [1.29, 1.82) is 0 Å². The number of carbonyl (C=O) groups excluding carboxylic acids is 1. The molecule has 2 fully saturated rings. The third-order valence-electron chi connectivity index (χ3n) is 4.35. The first kappa shape index (κ1) is 12.9. The third kappa shape index (κ3) is 1.67. The Bertz CT molecular complexity index is 514. The van der Waals surface area contributed by atoms with E-state index in [4.69, 9.17) is 0 Å². The number of hydrogen-bond acceptors (Lipinski definition) is 5. The van der Waals surface area contributed by atoms with Crippen LogP contribution < -0.4 is 16.0 Å². The van der Waals surface area contributed by atoms with Crippen LogP contribution in [0.4, 0.5) is 0 Å². The summed E-state index contributed by atoms with van der Waals surface area (Å²) in [5.74, 6) is 1.73. The maximum Gasteiger partial charge on any atom is 0.219 e. The lowest BCUT2D eigenvalue weighted by atomic mass is 9.91. The van der Waals surface area contributed by atoms with Crippen molar-refractivity contribution in [3.8, 4) is 0 Å². The van der Waals surface area contributed by atoms with Crippen LogP contribution in [0.2, 0.25) is 0 Å². The molecule has 3 aliphatic heterocycles. The Hall–Kier alpha value is -2.11. The van der Waals surface area contributed by atoms with Crippen LogP contribution in [0.5, 0.6) is 0 Å². The van der Waals surface area contributed by atoms with Gasteiger partial charge in [-0.3, -0.25) is 4.79 Å². The van der Waals surface area contributed by atoms with E-state index in [1.54, 1.807) is 11.8 Å². The zero-order valence-electron chi connectivity index (χ0n) is 11.9. The SMILES string of the molecule is C=C1N[C@H]2[C@H](CN(C)C(C)=O)NC(=C)N3CC=C[C@]23N1. The molecule has 0 saturated carbocycles. The molecule has 3 rings (SSSR count). The number of nitrogens with zero attached hydrogens (tertiary/aromatic N) is 2. The monoisotopic (exact) mass is 275 g/mol. The average molecular weight is 275 g/mol. The van der Waals surface area contributed by atoms with Crippen LogP contribution in [0.25, 0.3) is 0 Å². The van der Waals surface area contributed by atoms with Gasteiger partial charge in [0.15, 0.2) is 5.66 Å². The van der Waals surface area contributed by atoms with E-state index in [1.807, 2.05) is 7.05 Å². The number of hydrogen-bond donors (Lipinski definition) is 3. The van der Waals surface area contributed by atoms with Crippen LogP contribution in [-0.4, -0.2) is 53.6 Å². The second-order valence-corrected chi connectivity index (χ2v) is 5.66. The summed E-state index contributed by atoms with van der Waals surface area (Å²) in [6, 6.07) is 0.170. The van der Waals surface area contributed by atoms with Gasteiger partial charge in [0.2, 0.25) is 5.91 Å². The summed E-state index contributed by atoms with van der Waals surface area (Å²) >= 11 is 0. The minimum absolute atomic E-state index is 0.0561. The molecule has 3 aliphatic rings. The van der Waals surface area contributed by atoms with Gasteiger partial charge in [0.1, 0.15) is 0 Å². The molecule has 1 spiro atoms. The number of amides is 1. The van der Waals surface area contributed by atoms with Crippen LogP contribution in [0, 0.1) is 0 Å². The lowest BCUT2D eigenvalue weighted by Crippen LogP contribution is -2.71. The van der Waals surface area contributed by atoms with E-state index in [9.17, 15) is 4.79 Å². The topological polar surface area (TPSA) is 59.6 Å². The van der Waals surface area contributed by atoms with E-state index in [-0.39, 0.29) is 23.7 Å². The minimum atomic E-state index is -0.318. The Morgan fingerprint density at radius 1 is 1.55 bits per heavy atom. The summed E-state index contributed by atoms with van der Waals surface area (Å²) in [5.41, 5.74) is -0.318. The highest BCUT2D eigenvalue weighted by molar-refractivity contribution is 5.72. The second kappa shape index (κ2) is 4.19. The minimum Gasteiger partial charge on any atom is -0.365 e. The number of nitrogens with one attached hydrogen (secondary N) is 3. The van der Waals surface area contributed by atoms with E-state index >= 15 is 0 Å². The fourth-order valence-electron chi connectivity index (χ4n) is 3.30. The van der Waals surface area contributed by atoms with Crippen molar-refractivity contribution in [1.82, 2.24) is 25.8 Å². The quantitative estimate of drug-likeness (QED) is 0.594. The molecule has 0 aromatic carbocycles. The number of carbonyl (C=O) groups is 1. The Labute approximate surface area is 119 Å². The molecule has 6 heteroatoms. The van der Waals surface area contributed by atoms with Gasteiger partial charge in [-0.1, -0.05) is 19.2 Å². The van der Waals surface area contributed by atoms with Gasteiger partial charge in [-0.2, -0.15) is 0 Å². The van der Waals surface area contributed by atoms with Crippen LogP contribution >= 0.6 is 0 Å². The van der Waals surface area contributed by atoms with Crippen molar-refractivity contribution in [2.24, 2.45) is 0 Å². The smallest absolute Gasteiger partial charge is 0.219 e. The van der Waals surface area contributed by atoms with Gasteiger partial charge in [-0.05, 0) is 6.08 Å². The second-order valence-electron chi connectivity index (χ2n) is 5.66. The van der Waals surface area contributed by atoms with Crippen LogP contribution in [0.15, 0.2) is 37.0 Å². The predicted molar refractivity (Wildman–Crippen MR) is 77.2 cm³/mol. The number of likely N-dealkylation sites (N-methyl/N-ethyl adjacent to an activating group) is 1. The Balaban J connectivity index is 1.90. The summed E-state index contributed by atoms with van der Waals surface area (Å²) in [5, 5.41) is 10.2. The van der Waals surface area contributed by atoms with E-state index in [0.29, 0.717) is 6.54 Å². The largest absolute Gasteiger partial charge is 0.365 e. The first-order valence-electron chi connectivity index (χ1n) is 6.80. The Morgan fingerprint density at radius 3 is 3.00 bits per heavy atom. The molecule has 6 nitrogen and oxygen atoms in total.